The van der Waals surface area contributed by atoms with Crippen LogP contribution in [-0.4, -0.2) is 38.4 Å². The number of aromatic amines is 1. The second kappa shape index (κ2) is 8.16. The topological polar surface area (TPSA) is 115 Å². The van der Waals surface area contributed by atoms with Gasteiger partial charge in [0.05, 0.1) is 11.5 Å². The molecule has 9 nitrogen and oxygen atoms in total. The minimum absolute atomic E-state index is 0.0927. The second-order valence-corrected chi connectivity index (χ2v) is 5.60. The highest BCUT2D eigenvalue weighted by molar-refractivity contribution is 7.71. The van der Waals surface area contributed by atoms with Gasteiger partial charge in [0.1, 0.15) is 11.3 Å². The number of nitro groups is 1. The SMILES string of the molecule is CCn1c(CNC(=O)c2cc(OCC(F)(F)F)ccc2[N+](=O)[O-])n[nH]c1=S. The molecule has 13 heteroatoms. The molecule has 1 aromatic carbocycles. The van der Waals surface area contributed by atoms with E-state index in [-0.39, 0.29) is 12.3 Å². The van der Waals surface area contributed by atoms with Crippen molar-refractivity contribution in [2.24, 2.45) is 0 Å². The van der Waals surface area contributed by atoms with E-state index >= 15 is 0 Å². The summed E-state index contributed by atoms with van der Waals surface area (Å²) in [5.74, 6) is -0.793. The number of rotatable bonds is 7. The zero-order chi connectivity index (χ0) is 20.2. The van der Waals surface area contributed by atoms with E-state index < -0.39 is 34.9 Å². The Labute approximate surface area is 155 Å². The largest absolute Gasteiger partial charge is 0.484 e. The first-order valence-corrected chi connectivity index (χ1v) is 7.93. The highest BCUT2D eigenvalue weighted by Crippen LogP contribution is 2.26. The van der Waals surface area contributed by atoms with Gasteiger partial charge in [-0.2, -0.15) is 18.3 Å². The third-order valence-electron chi connectivity index (χ3n) is 3.37. The fraction of sp³-hybridized carbons (Fsp3) is 0.357. The number of amides is 1. The molecule has 0 saturated heterocycles. The van der Waals surface area contributed by atoms with Crippen LogP contribution in [0.2, 0.25) is 0 Å². The highest BCUT2D eigenvalue weighted by Gasteiger charge is 2.29. The minimum Gasteiger partial charge on any atom is -0.484 e. The van der Waals surface area contributed by atoms with Crippen molar-refractivity contribution in [1.29, 1.82) is 0 Å². The van der Waals surface area contributed by atoms with Crippen molar-refractivity contribution < 1.29 is 27.6 Å². The Morgan fingerprint density at radius 1 is 1.48 bits per heavy atom. The maximum Gasteiger partial charge on any atom is 0.422 e. The van der Waals surface area contributed by atoms with E-state index in [1.807, 2.05) is 6.92 Å². The number of hydrogen-bond acceptors (Lipinski definition) is 6. The van der Waals surface area contributed by atoms with Crippen LogP contribution in [0.25, 0.3) is 0 Å². The molecule has 0 aliphatic carbocycles. The third kappa shape index (κ3) is 5.26. The lowest BCUT2D eigenvalue weighted by atomic mass is 10.1. The zero-order valence-electron chi connectivity index (χ0n) is 13.9. The molecule has 2 aromatic rings. The summed E-state index contributed by atoms with van der Waals surface area (Å²) in [6.45, 7) is 0.617. The van der Waals surface area contributed by atoms with Gasteiger partial charge in [0, 0.05) is 12.6 Å². The number of nitrogens with zero attached hydrogens (tertiary/aromatic N) is 3. The number of nitrogens with one attached hydrogen (secondary N) is 2. The molecule has 1 amide bonds. The van der Waals surface area contributed by atoms with Gasteiger partial charge in [0.15, 0.2) is 17.2 Å². The van der Waals surface area contributed by atoms with Crippen LogP contribution in [0.5, 0.6) is 5.75 Å². The van der Waals surface area contributed by atoms with Crippen LogP contribution in [0.15, 0.2) is 18.2 Å². The number of aromatic nitrogens is 3. The molecule has 1 heterocycles. The number of benzene rings is 1. The number of carbonyl (C=O) groups is 1. The van der Waals surface area contributed by atoms with Gasteiger partial charge in [0.25, 0.3) is 11.6 Å². The fourth-order valence-electron chi connectivity index (χ4n) is 2.18. The van der Waals surface area contributed by atoms with Crippen molar-refractivity contribution in [1.82, 2.24) is 20.1 Å². The summed E-state index contributed by atoms with van der Waals surface area (Å²) in [5, 5.41) is 20.0. The van der Waals surface area contributed by atoms with Crippen molar-refractivity contribution in [3.63, 3.8) is 0 Å². The van der Waals surface area contributed by atoms with E-state index in [0.717, 1.165) is 18.2 Å². The van der Waals surface area contributed by atoms with Crippen molar-refractivity contribution in [2.75, 3.05) is 6.61 Å². The van der Waals surface area contributed by atoms with Crippen LogP contribution in [0.3, 0.4) is 0 Å². The van der Waals surface area contributed by atoms with E-state index in [1.54, 1.807) is 4.57 Å². The van der Waals surface area contributed by atoms with E-state index in [0.29, 0.717) is 17.1 Å². The third-order valence-corrected chi connectivity index (χ3v) is 3.68. The zero-order valence-corrected chi connectivity index (χ0v) is 14.7. The summed E-state index contributed by atoms with van der Waals surface area (Å²) >= 11 is 5.01. The van der Waals surface area contributed by atoms with Crippen molar-refractivity contribution in [3.05, 3.63) is 44.5 Å². The predicted molar refractivity (Wildman–Crippen MR) is 88.9 cm³/mol. The van der Waals surface area contributed by atoms with Gasteiger partial charge in [-0.15, -0.1) is 0 Å². The van der Waals surface area contributed by atoms with E-state index in [1.165, 1.54) is 0 Å². The Kier molecular flexibility index (Phi) is 6.15. The highest BCUT2D eigenvalue weighted by atomic mass is 32.1. The fourth-order valence-corrected chi connectivity index (χ4v) is 2.46. The van der Waals surface area contributed by atoms with Crippen molar-refractivity contribution >= 4 is 23.8 Å². The van der Waals surface area contributed by atoms with Gasteiger partial charge in [-0.05, 0) is 31.3 Å². The van der Waals surface area contributed by atoms with Crippen LogP contribution in [-0.2, 0) is 13.1 Å². The van der Waals surface area contributed by atoms with Crippen LogP contribution >= 0.6 is 12.2 Å². The van der Waals surface area contributed by atoms with Gasteiger partial charge < -0.3 is 14.6 Å². The molecule has 0 bridgehead atoms. The maximum absolute atomic E-state index is 12.3. The standard InChI is InChI=1S/C14H14F3N5O4S/c1-2-21-11(19-20-13(21)27)6-18-12(23)9-5-8(26-7-14(15,16)17)3-4-10(9)22(24)25/h3-5H,2,6-7H2,1H3,(H,18,23)(H,20,27). The summed E-state index contributed by atoms with van der Waals surface area (Å²) in [7, 11) is 0. The lowest BCUT2D eigenvalue weighted by Gasteiger charge is -2.11. The first kappa shape index (κ1) is 20.4. The van der Waals surface area contributed by atoms with Crippen LogP contribution in [0.4, 0.5) is 18.9 Å². The minimum atomic E-state index is -4.58. The summed E-state index contributed by atoms with van der Waals surface area (Å²) in [5.41, 5.74) is -1.00. The lowest BCUT2D eigenvalue weighted by Crippen LogP contribution is -2.26. The Bertz CT molecular complexity index is 909. The van der Waals surface area contributed by atoms with Gasteiger partial charge in [-0.1, -0.05) is 0 Å². The summed E-state index contributed by atoms with van der Waals surface area (Å²) in [6, 6.07) is 2.78. The van der Waals surface area contributed by atoms with Crippen molar-refractivity contribution in [2.45, 2.75) is 26.2 Å². The molecule has 27 heavy (non-hydrogen) atoms. The molecule has 0 spiro atoms. The second-order valence-electron chi connectivity index (χ2n) is 5.21. The van der Waals surface area contributed by atoms with Crippen molar-refractivity contribution in [3.8, 4) is 5.75 Å². The average Bonchev–Trinajstić information content (AvgIpc) is 2.96. The average molecular weight is 405 g/mol. The number of nitro benzene ring substituents is 1. The van der Waals surface area contributed by atoms with E-state index in [2.05, 4.69) is 20.3 Å². The van der Waals surface area contributed by atoms with Crippen LogP contribution in [0, 0.1) is 14.9 Å². The Morgan fingerprint density at radius 3 is 2.78 bits per heavy atom. The lowest BCUT2D eigenvalue weighted by molar-refractivity contribution is -0.385. The molecular weight excluding hydrogens is 391 g/mol. The molecule has 0 radical (unpaired) electrons. The quantitative estimate of drug-likeness (QED) is 0.416. The normalized spacial score (nSPS) is 11.3. The van der Waals surface area contributed by atoms with Gasteiger partial charge in [-0.3, -0.25) is 20.0 Å². The number of halogens is 3. The molecule has 2 N–H and O–H groups in total. The molecule has 0 atom stereocenters. The molecule has 2 rings (SSSR count). The number of H-pyrrole nitrogens is 1. The Balaban J connectivity index is 2.21. The molecule has 146 valence electrons. The van der Waals surface area contributed by atoms with Crippen LogP contribution in [0.1, 0.15) is 23.1 Å². The first-order valence-electron chi connectivity index (χ1n) is 7.52. The van der Waals surface area contributed by atoms with Gasteiger partial charge in [0.2, 0.25) is 0 Å². The number of carbonyl (C=O) groups excluding carboxylic acids is 1. The molecule has 0 saturated carbocycles. The molecule has 0 unspecified atom stereocenters. The first-order chi connectivity index (χ1) is 12.6. The summed E-state index contributed by atoms with van der Waals surface area (Å²) in [4.78, 5) is 22.6. The smallest absolute Gasteiger partial charge is 0.422 e. The monoisotopic (exact) mass is 405 g/mol. The predicted octanol–water partition coefficient (Wildman–Crippen LogP) is 2.74. The number of ether oxygens (including phenoxy) is 1. The summed E-state index contributed by atoms with van der Waals surface area (Å²) < 4.78 is 43.3. The molecule has 0 aliphatic rings. The Hall–Kier alpha value is -2.96. The summed E-state index contributed by atoms with van der Waals surface area (Å²) in [6.07, 6.45) is -4.58. The number of hydrogen-bond donors (Lipinski definition) is 2. The van der Waals surface area contributed by atoms with Gasteiger partial charge in [-0.25, -0.2) is 0 Å². The Morgan fingerprint density at radius 2 is 2.19 bits per heavy atom. The molecule has 0 fully saturated rings. The molecule has 1 aromatic heterocycles. The van der Waals surface area contributed by atoms with E-state index in [4.69, 9.17) is 12.2 Å². The van der Waals surface area contributed by atoms with Crippen LogP contribution < -0.4 is 10.1 Å². The maximum atomic E-state index is 12.3. The molecule has 0 aliphatic heterocycles. The molecular formula is C14H14F3N5O4S. The van der Waals surface area contributed by atoms with Gasteiger partial charge >= 0.3 is 6.18 Å². The number of alkyl halides is 3. The van der Waals surface area contributed by atoms with E-state index in [9.17, 15) is 28.1 Å².